The summed E-state index contributed by atoms with van der Waals surface area (Å²) < 4.78 is 3.23. The summed E-state index contributed by atoms with van der Waals surface area (Å²) in [4.78, 5) is 0. The van der Waals surface area contributed by atoms with Crippen molar-refractivity contribution in [2.24, 2.45) is 0 Å². The van der Waals surface area contributed by atoms with Gasteiger partial charge in [-0.15, -0.1) is 0 Å². The molecule has 0 radical (unpaired) electrons. The summed E-state index contributed by atoms with van der Waals surface area (Å²) in [5, 5.41) is 0. The van der Waals surface area contributed by atoms with Crippen LogP contribution in [-0.2, 0) is 0 Å². The van der Waals surface area contributed by atoms with Gasteiger partial charge in [0.25, 0.3) is 0 Å². The van der Waals surface area contributed by atoms with Crippen LogP contribution in [0.2, 0.25) is 0 Å². The maximum atomic E-state index is 3.23. The Morgan fingerprint density at radius 1 is 1.80 bits per heavy atom. The van der Waals surface area contributed by atoms with Gasteiger partial charge in [0.05, 0.1) is 0 Å². The zero-order valence-corrected chi connectivity index (χ0v) is 8.83. The van der Waals surface area contributed by atoms with Gasteiger partial charge in [-0.2, -0.15) is 0 Å². The topological polar surface area (TPSA) is 12.0 Å². The summed E-state index contributed by atoms with van der Waals surface area (Å²) in [5.74, 6) is 0. The number of hydrogen-bond acceptors (Lipinski definition) is 1. The molecule has 0 amide bonds. The van der Waals surface area contributed by atoms with Gasteiger partial charge in [0, 0.05) is 0 Å². The third-order valence-electron chi connectivity index (χ3n) is 0.500. The van der Waals surface area contributed by atoms with E-state index in [1.54, 1.807) is 0 Å². The van der Waals surface area contributed by atoms with E-state index in [1.165, 1.54) is 13.0 Å². The average Bonchev–Trinajstić information content (AvgIpc) is 1.41. The summed E-state index contributed by atoms with van der Waals surface area (Å²) in [6, 6.07) is 0. The SMILES string of the molecule is CCC[NH][Rb]. The average molecular weight is 144 g/mol. The Kier molecular flexibility index (Phi) is 7.80. The predicted molar refractivity (Wildman–Crippen MR) is 24.0 cm³/mol. The fraction of sp³-hybridized carbons (Fsp3) is 1.00. The summed E-state index contributed by atoms with van der Waals surface area (Å²) in [7, 11) is 0. The first-order valence-corrected chi connectivity index (χ1v) is 4.52. The van der Waals surface area contributed by atoms with Gasteiger partial charge in [-0.25, -0.2) is 0 Å². The first kappa shape index (κ1) is 6.77. The third kappa shape index (κ3) is 5.77. The van der Waals surface area contributed by atoms with Gasteiger partial charge < -0.3 is 0 Å². The van der Waals surface area contributed by atoms with E-state index in [9.17, 15) is 0 Å². The van der Waals surface area contributed by atoms with Crippen molar-refractivity contribution >= 4 is 56.0 Å². The summed E-state index contributed by atoms with van der Waals surface area (Å²) in [5.41, 5.74) is 0. The van der Waals surface area contributed by atoms with Crippen molar-refractivity contribution in [1.29, 1.82) is 0 Å². The van der Waals surface area contributed by atoms with Crippen molar-refractivity contribution in [2.75, 3.05) is 6.54 Å². The van der Waals surface area contributed by atoms with Crippen LogP contribution in [0.3, 0.4) is 0 Å². The number of nitrogens with one attached hydrogen (secondary N) is 1. The molecule has 26 valence electrons. The first-order chi connectivity index (χ1) is 2.41. The van der Waals surface area contributed by atoms with E-state index in [0.29, 0.717) is 0 Å². The van der Waals surface area contributed by atoms with Crippen LogP contribution in [-0.4, -0.2) is 62.6 Å². The Morgan fingerprint density at radius 3 is 2.40 bits per heavy atom. The summed E-state index contributed by atoms with van der Waals surface area (Å²) in [6.45, 7) is 3.42. The molecule has 1 nitrogen and oxygen atoms in total. The third-order valence-corrected chi connectivity index (χ3v) is 1.73. The molecular formula is C3H8NRb. The van der Waals surface area contributed by atoms with Gasteiger partial charge in [-0.05, 0) is 0 Å². The van der Waals surface area contributed by atoms with Gasteiger partial charge in [0.15, 0.2) is 0 Å². The van der Waals surface area contributed by atoms with E-state index in [2.05, 4.69) is 5.98 Å². The zero-order valence-electron chi connectivity index (χ0n) is 3.91. The second-order valence-electron chi connectivity index (χ2n) is 1.10. The molecule has 0 heterocycles. The van der Waals surface area contributed by atoms with Crippen molar-refractivity contribution < 1.29 is 0 Å². The molecule has 1 N–H and O–H groups in total. The minimum atomic E-state index is 0.732. The van der Waals surface area contributed by atoms with E-state index in [0.717, 1.165) is 56.0 Å². The van der Waals surface area contributed by atoms with Crippen LogP contribution >= 0.6 is 0 Å². The van der Waals surface area contributed by atoms with Crippen LogP contribution in [0.4, 0.5) is 0 Å². The molecular weight excluding hydrogens is 136 g/mol. The van der Waals surface area contributed by atoms with Crippen LogP contribution in [0.25, 0.3) is 0 Å². The molecule has 0 aliphatic heterocycles. The van der Waals surface area contributed by atoms with E-state index in [4.69, 9.17) is 0 Å². The van der Waals surface area contributed by atoms with E-state index in [1.807, 2.05) is 0 Å². The van der Waals surface area contributed by atoms with Gasteiger partial charge >= 0.3 is 75.0 Å². The molecule has 0 bridgehead atoms. The summed E-state index contributed by atoms with van der Waals surface area (Å²) >= 11 is 0.732. The van der Waals surface area contributed by atoms with Crippen LogP contribution in [0.15, 0.2) is 0 Å². The fourth-order valence-electron chi connectivity index (χ4n) is 0.250. The second kappa shape index (κ2) is 5.77. The van der Waals surface area contributed by atoms with Gasteiger partial charge in [0.1, 0.15) is 0 Å². The molecule has 0 spiro atoms. The second-order valence-corrected chi connectivity index (χ2v) is 2.84. The van der Waals surface area contributed by atoms with Crippen molar-refractivity contribution in [3.63, 3.8) is 0 Å². The van der Waals surface area contributed by atoms with Crippen molar-refractivity contribution in [1.82, 2.24) is -0.939 Å². The van der Waals surface area contributed by atoms with Gasteiger partial charge in [0.2, 0.25) is 0 Å². The van der Waals surface area contributed by atoms with Crippen molar-refractivity contribution in [3.8, 4) is 0 Å². The van der Waals surface area contributed by atoms with Crippen LogP contribution < -0.4 is -0.939 Å². The number of rotatable bonds is 2. The zero-order chi connectivity index (χ0) is 4.12. The molecule has 0 fully saturated rings. The van der Waals surface area contributed by atoms with Gasteiger partial charge in [-0.3, -0.25) is 0 Å². The maximum absolute atomic E-state index is 3.23. The molecule has 0 aromatic heterocycles. The molecule has 2 heteroatoms. The Bertz CT molecular complexity index is 14.4. The Balaban J connectivity index is 2.19. The Hall–Kier alpha value is 1.77. The quantitative estimate of drug-likeness (QED) is 0.577. The first-order valence-electron chi connectivity index (χ1n) is 2.06. The Labute approximate surface area is 73.3 Å². The van der Waals surface area contributed by atoms with Crippen molar-refractivity contribution in [2.45, 2.75) is 13.3 Å². The molecule has 0 unspecified atom stereocenters. The molecule has 0 aromatic carbocycles. The molecule has 5 heavy (non-hydrogen) atoms. The van der Waals surface area contributed by atoms with Crippen molar-refractivity contribution in [3.05, 3.63) is 0 Å². The van der Waals surface area contributed by atoms with Crippen LogP contribution in [0.1, 0.15) is 13.3 Å². The minimum absolute atomic E-state index is 0.732. The van der Waals surface area contributed by atoms with E-state index >= 15 is 0 Å². The van der Waals surface area contributed by atoms with Gasteiger partial charge in [-0.1, -0.05) is 0 Å². The normalized spacial score (nSPS) is 8.60. The molecule has 0 aliphatic rings. The standard InChI is InChI=1S/C3H8N.Rb/c1-2-3-4;/h4H,2-3H2,1H3;/q-1;+1. The molecule has 0 aliphatic carbocycles. The van der Waals surface area contributed by atoms with Crippen LogP contribution in [0, 0.1) is 0 Å². The molecule has 0 saturated heterocycles. The Morgan fingerprint density at radius 2 is 2.40 bits per heavy atom. The predicted octanol–water partition coefficient (Wildman–Crippen LogP) is 0.0695. The fourth-order valence-corrected chi connectivity index (χ4v) is 1.48. The molecule has 0 saturated carbocycles. The molecule has 0 aromatic rings. The monoisotopic (exact) mass is 143 g/mol. The molecule has 0 atom stereocenters. The summed E-state index contributed by atoms with van der Waals surface area (Å²) in [6.07, 6.45) is 1.29. The van der Waals surface area contributed by atoms with Crippen LogP contribution in [0.5, 0.6) is 0 Å². The van der Waals surface area contributed by atoms with E-state index in [-0.39, 0.29) is 0 Å². The molecule has 0 rings (SSSR count). The van der Waals surface area contributed by atoms with E-state index < -0.39 is 0 Å². The number of hydrogen-bond donors (Lipinski definition) is 1.